The molecule has 5 nitrogen and oxygen atoms in total. The average molecular weight is 290 g/mol. The molecule has 0 aromatic heterocycles. The number of hydrogen-bond donors (Lipinski definition) is 1. The highest BCUT2D eigenvalue weighted by molar-refractivity contribution is 7.90. The maximum atomic E-state index is 12.1. The fourth-order valence-corrected chi connectivity index (χ4v) is 2.88. The van der Waals surface area contributed by atoms with Crippen molar-refractivity contribution in [3.63, 3.8) is 0 Å². The van der Waals surface area contributed by atoms with E-state index in [2.05, 4.69) is 5.32 Å². The van der Waals surface area contributed by atoms with Crippen molar-refractivity contribution in [2.45, 2.75) is 51.6 Å². The first-order valence-electron chi connectivity index (χ1n) is 7.00. The number of nitrogens with zero attached hydrogens (tertiary/aromatic N) is 1. The molecule has 0 aliphatic carbocycles. The minimum atomic E-state index is -3.07. The summed E-state index contributed by atoms with van der Waals surface area (Å²) in [5.41, 5.74) is 0. The Labute approximate surface area is 116 Å². The lowest BCUT2D eigenvalue weighted by molar-refractivity contribution is -0.132. The molecule has 1 atom stereocenters. The van der Waals surface area contributed by atoms with Crippen molar-refractivity contribution in [1.29, 1.82) is 0 Å². The molecule has 0 saturated carbocycles. The van der Waals surface area contributed by atoms with Crippen molar-refractivity contribution in [1.82, 2.24) is 10.2 Å². The largest absolute Gasteiger partial charge is 0.339 e. The second-order valence-electron chi connectivity index (χ2n) is 5.67. The van der Waals surface area contributed by atoms with E-state index in [1.165, 1.54) is 19.1 Å². The van der Waals surface area contributed by atoms with Gasteiger partial charge in [0.05, 0.1) is 5.75 Å². The van der Waals surface area contributed by atoms with Gasteiger partial charge in [-0.3, -0.25) is 4.79 Å². The van der Waals surface area contributed by atoms with E-state index in [1.807, 2.05) is 13.8 Å². The topological polar surface area (TPSA) is 66.5 Å². The van der Waals surface area contributed by atoms with Crippen LogP contribution in [0.1, 0.15) is 39.5 Å². The summed E-state index contributed by atoms with van der Waals surface area (Å²) in [5.74, 6) is -0.125. The maximum absolute atomic E-state index is 12.1. The van der Waals surface area contributed by atoms with Crippen LogP contribution in [0.15, 0.2) is 0 Å². The fourth-order valence-electron chi connectivity index (χ4n) is 2.33. The van der Waals surface area contributed by atoms with E-state index < -0.39 is 9.84 Å². The summed E-state index contributed by atoms with van der Waals surface area (Å²) in [7, 11) is -3.07. The molecule has 1 aliphatic rings. The third-order valence-corrected chi connectivity index (χ3v) is 4.41. The second-order valence-corrected chi connectivity index (χ2v) is 7.93. The molecule has 1 heterocycles. The third kappa shape index (κ3) is 6.38. The number of rotatable bonds is 6. The Balaban J connectivity index is 2.53. The van der Waals surface area contributed by atoms with Crippen LogP contribution in [0.4, 0.5) is 0 Å². The summed E-state index contributed by atoms with van der Waals surface area (Å²) in [4.78, 5) is 13.9. The molecule has 1 amide bonds. The molecular weight excluding hydrogens is 264 g/mol. The summed E-state index contributed by atoms with van der Waals surface area (Å²) in [5, 5.41) is 3.42. The minimum absolute atomic E-state index is 0.0622. The molecule has 6 heteroatoms. The molecule has 1 rings (SSSR count). The van der Waals surface area contributed by atoms with E-state index in [0.29, 0.717) is 12.6 Å². The van der Waals surface area contributed by atoms with E-state index in [1.54, 1.807) is 4.90 Å². The van der Waals surface area contributed by atoms with E-state index >= 15 is 0 Å². The Bertz CT molecular complexity index is 387. The molecule has 0 aromatic rings. The molecular formula is C13H26N2O3S. The summed E-state index contributed by atoms with van der Waals surface area (Å²) in [6.07, 6.45) is 4.73. The molecule has 1 N–H and O–H groups in total. The quantitative estimate of drug-likeness (QED) is 0.786. The van der Waals surface area contributed by atoms with E-state index in [-0.39, 0.29) is 24.1 Å². The van der Waals surface area contributed by atoms with E-state index in [4.69, 9.17) is 0 Å². The Hall–Kier alpha value is -0.620. The van der Waals surface area contributed by atoms with Gasteiger partial charge in [-0.05, 0) is 33.2 Å². The first-order chi connectivity index (χ1) is 8.79. The predicted molar refractivity (Wildman–Crippen MR) is 76.8 cm³/mol. The molecule has 0 spiro atoms. The van der Waals surface area contributed by atoms with Crippen molar-refractivity contribution in [3.05, 3.63) is 0 Å². The molecule has 0 bridgehead atoms. The van der Waals surface area contributed by atoms with Gasteiger partial charge in [0.25, 0.3) is 0 Å². The van der Waals surface area contributed by atoms with Crippen molar-refractivity contribution in [2.75, 3.05) is 25.1 Å². The standard InChI is InChI=1S/C13H26N2O3S/c1-11(2)15(10-12-6-4-5-8-14-12)13(16)7-9-19(3,17)18/h11-12,14H,4-10H2,1-3H3. The Morgan fingerprint density at radius 1 is 1.37 bits per heavy atom. The van der Waals surface area contributed by atoms with Gasteiger partial charge < -0.3 is 10.2 Å². The highest BCUT2D eigenvalue weighted by Crippen LogP contribution is 2.11. The van der Waals surface area contributed by atoms with Gasteiger partial charge in [0, 0.05) is 31.3 Å². The van der Waals surface area contributed by atoms with Crippen LogP contribution in [0.3, 0.4) is 0 Å². The number of amides is 1. The Morgan fingerprint density at radius 2 is 2.05 bits per heavy atom. The monoisotopic (exact) mass is 290 g/mol. The SMILES string of the molecule is CC(C)N(CC1CCCCN1)C(=O)CCS(C)(=O)=O. The van der Waals surface area contributed by atoms with E-state index in [0.717, 1.165) is 13.0 Å². The van der Waals surface area contributed by atoms with Crippen molar-refractivity contribution >= 4 is 15.7 Å². The van der Waals surface area contributed by atoms with Crippen LogP contribution in [-0.4, -0.2) is 56.4 Å². The van der Waals surface area contributed by atoms with E-state index in [9.17, 15) is 13.2 Å². The number of nitrogens with one attached hydrogen (secondary N) is 1. The van der Waals surface area contributed by atoms with Gasteiger partial charge in [-0.25, -0.2) is 8.42 Å². The summed E-state index contributed by atoms with van der Waals surface area (Å²) < 4.78 is 22.3. The molecule has 112 valence electrons. The molecule has 1 fully saturated rings. The second kappa shape index (κ2) is 7.24. The summed E-state index contributed by atoms with van der Waals surface area (Å²) >= 11 is 0. The molecule has 19 heavy (non-hydrogen) atoms. The normalized spacial score (nSPS) is 20.5. The third-order valence-electron chi connectivity index (χ3n) is 3.46. The van der Waals surface area contributed by atoms with Crippen LogP contribution < -0.4 is 5.32 Å². The number of carbonyl (C=O) groups is 1. The zero-order valence-electron chi connectivity index (χ0n) is 12.2. The van der Waals surface area contributed by atoms with Gasteiger partial charge in [-0.15, -0.1) is 0 Å². The van der Waals surface area contributed by atoms with Gasteiger partial charge >= 0.3 is 0 Å². The van der Waals surface area contributed by atoms with Crippen LogP contribution in [0, 0.1) is 0 Å². The zero-order valence-corrected chi connectivity index (χ0v) is 13.0. The molecule has 1 aliphatic heterocycles. The van der Waals surface area contributed by atoms with Crippen LogP contribution in [-0.2, 0) is 14.6 Å². The Morgan fingerprint density at radius 3 is 2.53 bits per heavy atom. The smallest absolute Gasteiger partial charge is 0.223 e. The number of carbonyl (C=O) groups excluding carboxylic acids is 1. The fraction of sp³-hybridized carbons (Fsp3) is 0.923. The van der Waals surface area contributed by atoms with Crippen molar-refractivity contribution < 1.29 is 13.2 Å². The van der Waals surface area contributed by atoms with Crippen LogP contribution in [0.2, 0.25) is 0 Å². The minimum Gasteiger partial charge on any atom is -0.339 e. The lowest BCUT2D eigenvalue weighted by atomic mass is 10.0. The first-order valence-corrected chi connectivity index (χ1v) is 9.06. The maximum Gasteiger partial charge on any atom is 0.223 e. The summed E-state index contributed by atoms with van der Waals surface area (Å²) in [6.45, 7) is 5.64. The molecule has 1 unspecified atom stereocenters. The van der Waals surface area contributed by atoms with Gasteiger partial charge in [-0.1, -0.05) is 6.42 Å². The van der Waals surface area contributed by atoms with Gasteiger partial charge in [-0.2, -0.15) is 0 Å². The average Bonchev–Trinajstić information content (AvgIpc) is 2.33. The summed E-state index contributed by atoms with van der Waals surface area (Å²) in [6, 6.07) is 0.453. The van der Waals surface area contributed by atoms with Gasteiger partial charge in [0.15, 0.2) is 0 Å². The van der Waals surface area contributed by atoms with Crippen LogP contribution in [0.25, 0.3) is 0 Å². The van der Waals surface area contributed by atoms with Crippen LogP contribution >= 0.6 is 0 Å². The number of sulfone groups is 1. The number of hydrogen-bond acceptors (Lipinski definition) is 4. The van der Waals surface area contributed by atoms with Crippen LogP contribution in [0.5, 0.6) is 0 Å². The highest BCUT2D eigenvalue weighted by Gasteiger charge is 2.23. The van der Waals surface area contributed by atoms with Gasteiger partial charge in [0.2, 0.25) is 5.91 Å². The first kappa shape index (κ1) is 16.4. The van der Waals surface area contributed by atoms with Crippen molar-refractivity contribution in [2.24, 2.45) is 0 Å². The lowest BCUT2D eigenvalue weighted by Crippen LogP contribution is -2.48. The molecule has 1 saturated heterocycles. The number of piperidine rings is 1. The molecule has 0 radical (unpaired) electrons. The Kier molecular flexibility index (Phi) is 6.26. The molecule has 0 aromatic carbocycles. The lowest BCUT2D eigenvalue weighted by Gasteiger charge is -2.33. The van der Waals surface area contributed by atoms with Crippen molar-refractivity contribution in [3.8, 4) is 0 Å². The predicted octanol–water partition coefficient (Wildman–Crippen LogP) is 0.800. The highest BCUT2D eigenvalue weighted by atomic mass is 32.2. The zero-order chi connectivity index (χ0) is 14.5. The van der Waals surface area contributed by atoms with Gasteiger partial charge in [0.1, 0.15) is 9.84 Å².